The van der Waals surface area contributed by atoms with Crippen LogP contribution in [-0.4, -0.2) is 111 Å². The zero-order chi connectivity index (χ0) is 40.0. The number of fused-ring (bicyclic) bond motifs is 1. The lowest BCUT2D eigenvalue weighted by Crippen LogP contribution is -2.62. The third-order valence-electron chi connectivity index (χ3n) is 8.28. The summed E-state index contributed by atoms with van der Waals surface area (Å²) in [6.07, 6.45) is -10.5. The first-order valence-electron chi connectivity index (χ1n) is 15.6. The Balaban J connectivity index is 1.51. The van der Waals surface area contributed by atoms with Gasteiger partial charge in [-0.1, -0.05) is 0 Å². The van der Waals surface area contributed by atoms with E-state index in [1.807, 2.05) is 0 Å². The number of hydrogen-bond acceptors (Lipinski definition) is 20. The second kappa shape index (κ2) is 14.3. The number of hydrogen-bond donors (Lipinski definition) is 12. The summed E-state index contributed by atoms with van der Waals surface area (Å²) in [5.41, 5.74) is -3.09. The van der Waals surface area contributed by atoms with E-state index in [-0.39, 0.29) is 5.56 Å². The van der Waals surface area contributed by atoms with Gasteiger partial charge in [-0.05, 0) is 42.5 Å². The predicted molar refractivity (Wildman–Crippen MR) is 178 cm³/mol. The van der Waals surface area contributed by atoms with E-state index in [1.165, 1.54) is 0 Å². The van der Waals surface area contributed by atoms with E-state index < -0.39 is 146 Å². The number of phenols is 10. The van der Waals surface area contributed by atoms with Gasteiger partial charge in [0.15, 0.2) is 57.9 Å². The van der Waals surface area contributed by atoms with Crippen LogP contribution in [0.5, 0.6) is 63.2 Å². The number of ether oxygens (including phenoxy) is 4. The fourth-order valence-electron chi connectivity index (χ4n) is 5.57. The largest absolute Gasteiger partial charge is 0.508 e. The van der Waals surface area contributed by atoms with Crippen molar-refractivity contribution in [3.05, 3.63) is 75.9 Å². The highest BCUT2D eigenvalue weighted by molar-refractivity contribution is 5.92. The second-order valence-corrected chi connectivity index (χ2v) is 11.9. The SMILES string of the molecule is O=C(O[C@H]1[C@H](Oc2c(-c3ccc(O)c(O)c3)oc3cc(O)cc(O)c3c2=O)O[C@H](CO)[C@H](O)[C@@H]1OC(=O)c1cc(O)c(O)c(O)c1)c1cc(O)c(O)c(O)c1. The molecule has 4 aromatic carbocycles. The average Bonchev–Trinajstić information content (AvgIpc) is 3.13. The lowest BCUT2D eigenvalue weighted by Gasteiger charge is -2.42. The maximum Gasteiger partial charge on any atom is 0.339 e. The summed E-state index contributed by atoms with van der Waals surface area (Å²) in [6.45, 7) is -1.05. The van der Waals surface area contributed by atoms with Crippen molar-refractivity contribution < 1.29 is 94.2 Å². The Bertz CT molecular complexity index is 2360. The quantitative estimate of drug-likeness (QED) is 0.0784. The minimum Gasteiger partial charge on any atom is -0.508 e. The number of carbonyl (C=O) groups is 2. The number of carbonyl (C=O) groups excluding carboxylic acids is 2. The van der Waals surface area contributed by atoms with Gasteiger partial charge in [0.25, 0.3) is 0 Å². The monoisotopic (exact) mass is 768 g/mol. The molecule has 55 heavy (non-hydrogen) atoms. The zero-order valence-electron chi connectivity index (χ0n) is 27.4. The van der Waals surface area contributed by atoms with E-state index in [2.05, 4.69) is 0 Å². The van der Waals surface area contributed by atoms with Gasteiger partial charge in [-0.2, -0.15) is 0 Å². The van der Waals surface area contributed by atoms with Gasteiger partial charge in [0.1, 0.15) is 34.7 Å². The van der Waals surface area contributed by atoms with Gasteiger partial charge in [0.2, 0.25) is 23.6 Å². The lowest BCUT2D eigenvalue weighted by atomic mass is 9.98. The van der Waals surface area contributed by atoms with Crippen molar-refractivity contribution in [2.45, 2.75) is 30.7 Å². The minimum absolute atomic E-state index is 0.180. The van der Waals surface area contributed by atoms with Gasteiger partial charge in [-0.3, -0.25) is 4.79 Å². The third-order valence-corrected chi connectivity index (χ3v) is 8.28. The van der Waals surface area contributed by atoms with Crippen molar-refractivity contribution in [1.29, 1.82) is 0 Å². The van der Waals surface area contributed by atoms with Crippen molar-refractivity contribution >= 4 is 22.9 Å². The van der Waals surface area contributed by atoms with E-state index in [4.69, 9.17) is 23.4 Å². The van der Waals surface area contributed by atoms with Gasteiger partial charge in [0, 0.05) is 17.7 Å². The van der Waals surface area contributed by atoms with Crippen molar-refractivity contribution in [2.75, 3.05) is 6.61 Å². The molecule has 0 aliphatic carbocycles. The summed E-state index contributed by atoms with van der Waals surface area (Å²) < 4.78 is 28.3. The minimum atomic E-state index is -2.23. The fourth-order valence-corrected chi connectivity index (χ4v) is 5.57. The number of aliphatic hydroxyl groups is 2. The number of phenolic OH excluding ortho intramolecular Hbond substituents is 10. The Kier molecular flexibility index (Phi) is 9.72. The van der Waals surface area contributed by atoms with Crippen LogP contribution in [-0.2, 0) is 14.2 Å². The van der Waals surface area contributed by atoms with Gasteiger partial charge < -0.3 is 84.6 Å². The summed E-state index contributed by atoms with van der Waals surface area (Å²) in [4.78, 5) is 40.9. The summed E-state index contributed by atoms with van der Waals surface area (Å²) in [7, 11) is 0. The first-order valence-corrected chi connectivity index (χ1v) is 15.6. The van der Waals surface area contributed by atoms with Gasteiger partial charge in [-0.15, -0.1) is 0 Å². The van der Waals surface area contributed by atoms with E-state index in [0.29, 0.717) is 24.3 Å². The highest BCUT2D eigenvalue weighted by Gasteiger charge is 2.52. The van der Waals surface area contributed by atoms with Crippen molar-refractivity contribution in [3.8, 4) is 74.6 Å². The number of esters is 2. The molecule has 1 aliphatic heterocycles. The topological polar surface area (TPSA) is 344 Å². The highest BCUT2D eigenvalue weighted by Crippen LogP contribution is 2.41. The first kappa shape index (κ1) is 37.5. The Labute approximate surface area is 304 Å². The fraction of sp³-hybridized carbons (Fsp3) is 0.171. The zero-order valence-corrected chi connectivity index (χ0v) is 27.4. The number of benzene rings is 4. The summed E-state index contributed by atoms with van der Waals surface area (Å²) in [5.74, 6) is -13.0. The summed E-state index contributed by atoms with van der Waals surface area (Å²) in [5, 5.41) is 121. The molecule has 0 unspecified atom stereocenters. The van der Waals surface area contributed by atoms with Gasteiger partial charge >= 0.3 is 11.9 Å². The van der Waals surface area contributed by atoms with Crippen LogP contribution in [0.3, 0.4) is 0 Å². The molecule has 12 N–H and O–H groups in total. The van der Waals surface area contributed by atoms with Gasteiger partial charge in [-0.25, -0.2) is 9.59 Å². The highest BCUT2D eigenvalue weighted by atomic mass is 16.7. The molecular weight excluding hydrogens is 740 g/mol. The van der Waals surface area contributed by atoms with Crippen LogP contribution >= 0.6 is 0 Å². The van der Waals surface area contributed by atoms with Crippen LogP contribution in [0.2, 0.25) is 0 Å². The molecule has 1 fully saturated rings. The molecule has 20 nitrogen and oxygen atoms in total. The van der Waals surface area contributed by atoms with Gasteiger partial charge in [0.05, 0.1) is 17.7 Å². The Hall–Kier alpha value is -7.29. The van der Waals surface area contributed by atoms with E-state index in [0.717, 1.165) is 30.3 Å². The molecule has 0 amide bonds. The molecule has 288 valence electrons. The van der Waals surface area contributed by atoms with Crippen LogP contribution in [0.15, 0.2) is 63.8 Å². The van der Waals surface area contributed by atoms with Crippen LogP contribution < -0.4 is 10.2 Å². The molecule has 0 saturated carbocycles. The smallest absolute Gasteiger partial charge is 0.339 e. The molecule has 0 spiro atoms. The molecule has 1 saturated heterocycles. The molecule has 6 rings (SSSR count). The van der Waals surface area contributed by atoms with Crippen LogP contribution in [0.1, 0.15) is 20.7 Å². The maximum atomic E-state index is 14.1. The third kappa shape index (κ3) is 6.97. The molecule has 20 heteroatoms. The Morgan fingerprint density at radius 2 is 1.20 bits per heavy atom. The molecule has 5 aromatic rings. The first-order chi connectivity index (χ1) is 26.0. The molecule has 1 aromatic heterocycles. The molecule has 1 aliphatic rings. The number of aromatic hydroxyl groups is 10. The maximum absolute atomic E-state index is 14.1. The second-order valence-electron chi connectivity index (χ2n) is 11.9. The average molecular weight is 769 g/mol. The molecule has 0 radical (unpaired) electrons. The Morgan fingerprint density at radius 1 is 0.655 bits per heavy atom. The van der Waals surface area contributed by atoms with E-state index in [9.17, 15) is 75.7 Å². The molecule has 2 heterocycles. The number of aliphatic hydroxyl groups excluding tert-OH is 2. The van der Waals surface area contributed by atoms with Crippen LogP contribution in [0.25, 0.3) is 22.3 Å². The predicted octanol–water partition coefficient (Wildman–Crippen LogP) is 1.42. The Morgan fingerprint density at radius 3 is 1.73 bits per heavy atom. The van der Waals surface area contributed by atoms with Crippen molar-refractivity contribution in [3.63, 3.8) is 0 Å². The summed E-state index contributed by atoms with van der Waals surface area (Å²) >= 11 is 0. The van der Waals surface area contributed by atoms with E-state index in [1.54, 1.807) is 0 Å². The lowest BCUT2D eigenvalue weighted by molar-refractivity contribution is -0.276. The van der Waals surface area contributed by atoms with Crippen molar-refractivity contribution in [2.24, 2.45) is 0 Å². The standard InChI is InChI=1S/C35H28O20/c36-10-23-27(47)30(53-33(49)12-4-18(41)25(45)19(42)5-12)32(54-34(50)13-6-20(43)26(46)21(44)7-13)35(52-23)55-31-28(48)24-17(40)8-14(37)9-22(24)51-29(31)11-1-2-15(38)16(39)3-11/h1-9,23,27,30,32,35-47H,10H2/t23-,27+,30+,32-,35+/m1/s1. The van der Waals surface area contributed by atoms with E-state index >= 15 is 0 Å². The molecule has 5 atom stereocenters. The number of rotatable bonds is 8. The molecular formula is C35H28O20. The van der Waals surface area contributed by atoms with Crippen molar-refractivity contribution in [1.82, 2.24) is 0 Å². The van der Waals surface area contributed by atoms with Crippen LogP contribution in [0.4, 0.5) is 0 Å². The van der Waals surface area contributed by atoms with Crippen LogP contribution in [0, 0.1) is 0 Å². The normalized spacial score (nSPS) is 19.5. The molecule has 0 bridgehead atoms. The summed E-state index contributed by atoms with van der Waals surface area (Å²) in [6, 6.07) is 7.41.